The van der Waals surface area contributed by atoms with Gasteiger partial charge in [-0.2, -0.15) is 0 Å². The number of aromatic nitrogens is 4. The largest absolute Gasteiger partial charge is 0.398 e. The predicted molar refractivity (Wildman–Crippen MR) is 80.9 cm³/mol. The van der Waals surface area contributed by atoms with Gasteiger partial charge in [0.15, 0.2) is 5.16 Å². The van der Waals surface area contributed by atoms with E-state index in [1.807, 2.05) is 27.7 Å². The number of hydrogen-bond acceptors (Lipinski definition) is 5. The van der Waals surface area contributed by atoms with Gasteiger partial charge in [-0.3, -0.25) is 9.55 Å². The molecule has 0 bridgehead atoms. The number of hydrogen-bond donors (Lipinski definition) is 2. The molecule has 6 nitrogen and oxygen atoms in total. The van der Waals surface area contributed by atoms with Gasteiger partial charge in [-0.05, 0) is 38.8 Å². The second-order valence-electron chi connectivity index (χ2n) is 4.99. The zero-order valence-corrected chi connectivity index (χ0v) is 12.9. The first kappa shape index (κ1) is 14.6. The van der Waals surface area contributed by atoms with Gasteiger partial charge in [-0.15, -0.1) is 5.10 Å². The molecule has 0 aliphatic rings. The molecule has 0 saturated carbocycles. The fraction of sp³-hybridized carbons (Fsp3) is 0.462. The van der Waals surface area contributed by atoms with Crippen LogP contribution in [0.25, 0.3) is 0 Å². The van der Waals surface area contributed by atoms with Gasteiger partial charge in [0.25, 0.3) is 0 Å². The zero-order valence-electron chi connectivity index (χ0n) is 12.1. The maximum atomic E-state index is 11.7. The first-order valence-electron chi connectivity index (χ1n) is 6.42. The van der Waals surface area contributed by atoms with E-state index in [2.05, 4.69) is 15.2 Å². The van der Waals surface area contributed by atoms with Crippen molar-refractivity contribution >= 4 is 17.4 Å². The van der Waals surface area contributed by atoms with Crippen LogP contribution in [0.1, 0.15) is 36.7 Å². The van der Waals surface area contributed by atoms with Crippen LogP contribution in [-0.2, 0) is 5.75 Å². The van der Waals surface area contributed by atoms with Gasteiger partial charge in [0.05, 0.1) is 5.69 Å². The first-order valence-corrected chi connectivity index (χ1v) is 7.40. The summed E-state index contributed by atoms with van der Waals surface area (Å²) < 4.78 is 1.64. The summed E-state index contributed by atoms with van der Waals surface area (Å²) in [6, 6.07) is 0.0703. The molecule has 0 aromatic carbocycles. The highest BCUT2D eigenvalue weighted by Crippen LogP contribution is 2.25. The summed E-state index contributed by atoms with van der Waals surface area (Å²) >= 11 is 1.48. The Balaban J connectivity index is 2.22. The Kier molecular flexibility index (Phi) is 4.17. The number of thioether (sulfide) groups is 1. The molecule has 0 amide bonds. The summed E-state index contributed by atoms with van der Waals surface area (Å²) in [7, 11) is 0. The maximum absolute atomic E-state index is 11.7. The number of anilines is 1. The van der Waals surface area contributed by atoms with Crippen molar-refractivity contribution in [3.8, 4) is 0 Å². The summed E-state index contributed by atoms with van der Waals surface area (Å²) in [6.07, 6.45) is 1.78. The number of nitrogen functional groups attached to an aromatic ring is 1. The SMILES string of the molecule is Cc1cnc(CSc2n[nH]c(=O)n2C(C)C)c(C)c1N. The molecule has 0 atom stereocenters. The molecule has 2 aromatic rings. The normalized spacial score (nSPS) is 11.2. The molecule has 0 aliphatic carbocycles. The molecule has 0 fully saturated rings. The van der Waals surface area contributed by atoms with Crippen molar-refractivity contribution in [1.29, 1.82) is 0 Å². The average molecular weight is 293 g/mol. The number of nitrogens with one attached hydrogen (secondary N) is 1. The van der Waals surface area contributed by atoms with Crippen molar-refractivity contribution in [2.75, 3.05) is 5.73 Å². The minimum absolute atomic E-state index is 0.0703. The number of aryl methyl sites for hydroxylation is 1. The Morgan fingerprint density at radius 2 is 2.15 bits per heavy atom. The molecule has 2 rings (SSSR count). The van der Waals surface area contributed by atoms with Gasteiger partial charge < -0.3 is 5.73 Å². The molecule has 7 heteroatoms. The van der Waals surface area contributed by atoms with Crippen LogP contribution < -0.4 is 11.4 Å². The van der Waals surface area contributed by atoms with Gasteiger partial charge in [0, 0.05) is 23.7 Å². The molecule has 0 radical (unpaired) electrons. The molecule has 20 heavy (non-hydrogen) atoms. The van der Waals surface area contributed by atoms with E-state index in [-0.39, 0.29) is 11.7 Å². The van der Waals surface area contributed by atoms with Gasteiger partial charge >= 0.3 is 5.69 Å². The summed E-state index contributed by atoms with van der Waals surface area (Å²) in [5.74, 6) is 0.632. The minimum atomic E-state index is -0.185. The van der Waals surface area contributed by atoms with Crippen LogP contribution in [0.15, 0.2) is 16.1 Å². The number of aromatic amines is 1. The Bertz CT molecular complexity index is 674. The summed E-state index contributed by atoms with van der Waals surface area (Å²) in [4.78, 5) is 16.1. The van der Waals surface area contributed by atoms with Crippen molar-refractivity contribution in [2.24, 2.45) is 0 Å². The third-order valence-corrected chi connectivity index (χ3v) is 4.17. The molecule has 0 spiro atoms. The zero-order chi connectivity index (χ0) is 14.9. The van der Waals surface area contributed by atoms with Crippen molar-refractivity contribution in [1.82, 2.24) is 19.7 Å². The molecule has 0 unspecified atom stereocenters. The second kappa shape index (κ2) is 5.70. The van der Waals surface area contributed by atoms with E-state index in [1.54, 1.807) is 10.8 Å². The lowest BCUT2D eigenvalue weighted by atomic mass is 10.1. The molecule has 0 saturated heterocycles. The third kappa shape index (κ3) is 2.72. The number of H-pyrrole nitrogens is 1. The molecule has 2 heterocycles. The van der Waals surface area contributed by atoms with Crippen LogP contribution in [-0.4, -0.2) is 19.7 Å². The topological polar surface area (TPSA) is 89.6 Å². The Morgan fingerprint density at radius 3 is 2.80 bits per heavy atom. The van der Waals surface area contributed by atoms with Crippen molar-refractivity contribution < 1.29 is 0 Å². The van der Waals surface area contributed by atoms with E-state index < -0.39 is 0 Å². The first-order chi connectivity index (χ1) is 9.41. The maximum Gasteiger partial charge on any atom is 0.344 e. The van der Waals surface area contributed by atoms with E-state index in [1.165, 1.54) is 11.8 Å². The van der Waals surface area contributed by atoms with Gasteiger partial charge in [-0.1, -0.05) is 11.8 Å². The van der Waals surface area contributed by atoms with Crippen molar-refractivity contribution in [3.63, 3.8) is 0 Å². The van der Waals surface area contributed by atoms with Crippen LogP contribution in [0.2, 0.25) is 0 Å². The van der Waals surface area contributed by atoms with Gasteiger partial charge in [0.1, 0.15) is 0 Å². The second-order valence-corrected chi connectivity index (χ2v) is 5.93. The molecular weight excluding hydrogens is 274 g/mol. The monoisotopic (exact) mass is 293 g/mol. The quantitative estimate of drug-likeness (QED) is 0.842. The van der Waals surface area contributed by atoms with E-state index in [0.29, 0.717) is 10.9 Å². The van der Waals surface area contributed by atoms with Gasteiger partial charge in [-0.25, -0.2) is 9.89 Å². The summed E-state index contributed by atoms with van der Waals surface area (Å²) in [6.45, 7) is 7.81. The van der Waals surface area contributed by atoms with Crippen molar-refractivity contribution in [2.45, 2.75) is 44.6 Å². The average Bonchev–Trinajstić information content (AvgIpc) is 2.76. The Morgan fingerprint density at radius 1 is 1.45 bits per heavy atom. The highest BCUT2D eigenvalue weighted by Gasteiger charge is 2.13. The van der Waals surface area contributed by atoms with Crippen LogP contribution in [0, 0.1) is 13.8 Å². The number of pyridine rings is 1. The molecule has 3 N–H and O–H groups in total. The van der Waals surface area contributed by atoms with Crippen LogP contribution >= 0.6 is 11.8 Å². The molecule has 2 aromatic heterocycles. The smallest absolute Gasteiger partial charge is 0.344 e. The molecular formula is C13H19N5OS. The minimum Gasteiger partial charge on any atom is -0.398 e. The fourth-order valence-electron chi connectivity index (χ4n) is 1.92. The lowest BCUT2D eigenvalue weighted by Crippen LogP contribution is -2.19. The number of rotatable bonds is 4. The van der Waals surface area contributed by atoms with Crippen molar-refractivity contribution in [3.05, 3.63) is 33.5 Å². The predicted octanol–water partition coefficient (Wildman–Crippen LogP) is 2.04. The lowest BCUT2D eigenvalue weighted by molar-refractivity contribution is 0.534. The van der Waals surface area contributed by atoms with E-state index in [0.717, 1.165) is 22.5 Å². The molecule has 0 aliphatic heterocycles. The highest BCUT2D eigenvalue weighted by molar-refractivity contribution is 7.98. The lowest BCUT2D eigenvalue weighted by Gasteiger charge is -2.11. The Labute approximate surface area is 121 Å². The fourth-order valence-corrected chi connectivity index (χ4v) is 3.02. The van der Waals surface area contributed by atoms with Crippen LogP contribution in [0.5, 0.6) is 0 Å². The standard InChI is InChI=1S/C13H19N5OS/c1-7(2)18-12(19)16-17-13(18)20-6-10-9(4)11(14)8(3)5-15-10/h5,7H,6H2,1-4H3,(H2,14,15)(H,16,19). The summed E-state index contributed by atoms with van der Waals surface area (Å²) in [5.41, 5.74) is 9.49. The highest BCUT2D eigenvalue weighted by atomic mass is 32.2. The van der Waals surface area contributed by atoms with E-state index >= 15 is 0 Å². The third-order valence-electron chi connectivity index (χ3n) is 3.20. The van der Waals surface area contributed by atoms with E-state index in [9.17, 15) is 4.79 Å². The number of nitrogens with two attached hydrogens (primary N) is 1. The van der Waals surface area contributed by atoms with Gasteiger partial charge in [0.2, 0.25) is 0 Å². The Hall–Kier alpha value is -1.76. The van der Waals surface area contributed by atoms with Crippen LogP contribution in [0.3, 0.4) is 0 Å². The van der Waals surface area contributed by atoms with Crippen LogP contribution in [0.4, 0.5) is 5.69 Å². The number of nitrogens with zero attached hydrogens (tertiary/aromatic N) is 3. The van der Waals surface area contributed by atoms with E-state index in [4.69, 9.17) is 5.73 Å². The summed E-state index contributed by atoms with van der Waals surface area (Å²) in [5, 5.41) is 7.20. The molecule has 108 valence electrons.